The van der Waals surface area contributed by atoms with Crippen molar-refractivity contribution >= 4 is 29.1 Å². The number of aromatic nitrogens is 3. The van der Waals surface area contributed by atoms with Crippen molar-refractivity contribution in [3.8, 4) is 0 Å². The number of nitrogens with zero attached hydrogens (tertiary/aromatic N) is 3. The molecule has 0 amide bonds. The van der Waals surface area contributed by atoms with Gasteiger partial charge in [0.05, 0.1) is 6.20 Å². The van der Waals surface area contributed by atoms with Crippen LogP contribution < -0.4 is 10.6 Å². The third-order valence-electron chi connectivity index (χ3n) is 3.00. The molecular formula is C13H14ClN5. The Labute approximate surface area is 116 Å². The van der Waals surface area contributed by atoms with E-state index < -0.39 is 0 Å². The van der Waals surface area contributed by atoms with Gasteiger partial charge in [-0.25, -0.2) is 0 Å². The standard InChI is InChI=1S/C13H14ClN5/c1-8-10(14)3-2-4-11(8)17-13-18-12(7-15-19-13)16-9-5-6-9/h2-4,7,9H,5-6H2,1H3,(H2,16,17,18,19). The first kappa shape index (κ1) is 12.2. The summed E-state index contributed by atoms with van der Waals surface area (Å²) in [7, 11) is 0. The molecule has 19 heavy (non-hydrogen) atoms. The molecule has 2 aromatic rings. The minimum atomic E-state index is 0.469. The third kappa shape index (κ3) is 2.93. The van der Waals surface area contributed by atoms with Crippen LogP contribution in [0.2, 0.25) is 5.02 Å². The van der Waals surface area contributed by atoms with Gasteiger partial charge in [-0.05, 0) is 37.5 Å². The molecule has 1 aromatic carbocycles. The molecule has 0 saturated heterocycles. The van der Waals surface area contributed by atoms with Gasteiger partial charge in [-0.2, -0.15) is 10.1 Å². The monoisotopic (exact) mass is 275 g/mol. The maximum Gasteiger partial charge on any atom is 0.249 e. The van der Waals surface area contributed by atoms with Crippen molar-refractivity contribution in [2.24, 2.45) is 0 Å². The Morgan fingerprint density at radius 1 is 1.32 bits per heavy atom. The molecule has 1 fully saturated rings. The number of nitrogens with one attached hydrogen (secondary N) is 2. The lowest BCUT2D eigenvalue weighted by molar-refractivity contribution is 0.964. The topological polar surface area (TPSA) is 62.7 Å². The second-order valence-corrected chi connectivity index (χ2v) is 5.03. The summed E-state index contributed by atoms with van der Waals surface area (Å²) in [6, 6.07) is 6.22. The maximum absolute atomic E-state index is 6.08. The predicted octanol–water partition coefficient (Wildman–Crippen LogP) is 3.15. The highest BCUT2D eigenvalue weighted by Gasteiger charge is 2.21. The van der Waals surface area contributed by atoms with Gasteiger partial charge in [0.15, 0.2) is 5.82 Å². The third-order valence-corrected chi connectivity index (χ3v) is 3.41. The first-order chi connectivity index (χ1) is 9.22. The van der Waals surface area contributed by atoms with E-state index in [1.54, 1.807) is 6.20 Å². The van der Waals surface area contributed by atoms with Gasteiger partial charge < -0.3 is 10.6 Å². The summed E-state index contributed by atoms with van der Waals surface area (Å²) in [4.78, 5) is 4.38. The molecule has 1 aliphatic rings. The Morgan fingerprint density at radius 2 is 2.16 bits per heavy atom. The molecule has 1 saturated carbocycles. The number of hydrogen-bond acceptors (Lipinski definition) is 5. The zero-order chi connectivity index (χ0) is 13.2. The zero-order valence-electron chi connectivity index (χ0n) is 10.5. The first-order valence-corrected chi connectivity index (χ1v) is 6.58. The van der Waals surface area contributed by atoms with Crippen LogP contribution in [-0.4, -0.2) is 21.2 Å². The molecule has 0 aliphatic heterocycles. The number of anilines is 3. The molecule has 5 nitrogen and oxygen atoms in total. The molecule has 1 aromatic heterocycles. The molecule has 0 spiro atoms. The lowest BCUT2D eigenvalue weighted by Crippen LogP contribution is -2.07. The molecule has 1 aliphatic carbocycles. The number of rotatable bonds is 4. The van der Waals surface area contributed by atoms with Crippen LogP contribution in [-0.2, 0) is 0 Å². The van der Waals surface area contributed by atoms with Crippen LogP contribution in [0.5, 0.6) is 0 Å². The summed E-state index contributed by atoms with van der Waals surface area (Å²) in [6.45, 7) is 1.95. The first-order valence-electron chi connectivity index (χ1n) is 6.21. The number of halogens is 1. The van der Waals surface area contributed by atoms with Crippen molar-refractivity contribution < 1.29 is 0 Å². The van der Waals surface area contributed by atoms with Gasteiger partial charge in [-0.15, -0.1) is 5.10 Å². The van der Waals surface area contributed by atoms with Gasteiger partial charge in [-0.1, -0.05) is 17.7 Å². The lowest BCUT2D eigenvalue weighted by atomic mass is 10.2. The lowest BCUT2D eigenvalue weighted by Gasteiger charge is -2.09. The van der Waals surface area contributed by atoms with E-state index in [0.29, 0.717) is 17.0 Å². The second kappa shape index (κ2) is 5.01. The molecular weight excluding hydrogens is 262 g/mol. The van der Waals surface area contributed by atoms with E-state index in [9.17, 15) is 0 Å². The molecule has 6 heteroatoms. The van der Waals surface area contributed by atoms with Crippen LogP contribution >= 0.6 is 11.6 Å². The molecule has 2 N–H and O–H groups in total. The Balaban J connectivity index is 1.80. The highest BCUT2D eigenvalue weighted by Crippen LogP contribution is 2.26. The summed E-state index contributed by atoms with van der Waals surface area (Å²) >= 11 is 6.08. The molecule has 0 bridgehead atoms. The highest BCUT2D eigenvalue weighted by atomic mass is 35.5. The predicted molar refractivity (Wildman–Crippen MR) is 75.9 cm³/mol. The van der Waals surface area contributed by atoms with E-state index in [4.69, 9.17) is 11.6 Å². The highest BCUT2D eigenvalue weighted by molar-refractivity contribution is 6.31. The van der Waals surface area contributed by atoms with Crippen LogP contribution in [0.3, 0.4) is 0 Å². The molecule has 98 valence electrons. The summed E-state index contributed by atoms with van der Waals surface area (Å²) in [5.74, 6) is 1.22. The van der Waals surface area contributed by atoms with Gasteiger partial charge in [-0.3, -0.25) is 0 Å². The molecule has 3 rings (SSSR count). The van der Waals surface area contributed by atoms with Gasteiger partial charge >= 0.3 is 0 Å². The van der Waals surface area contributed by atoms with Crippen molar-refractivity contribution in [2.45, 2.75) is 25.8 Å². The van der Waals surface area contributed by atoms with Crippen LogP contribution in [0.4, 0.5) is 17.5 Å². The molecule has 1 heterocycles. The fourth-order valence-electron chi connectivity index (χ4n) is 1.73. The molecule has 0 unspecified atom stereocenters. The van der Waals surface area contributed by atoms with Crippen LogP contribution in [0, 0.1) is 6.92 Å². The van der Waals surface area contributed by atoms with Gasteiger partial charge in [0.25, 0.3) is 0 Å². The average Bonchev–Trinajstić information content (AvgIpc) is 3.19. The van der Waals surface area contributed by atoms with Crippen molar-refractivity contribution in [1.29, 1.82) is 0 Å². The normalized spacial score (nSPS) is 14.2. The van der Waals surface area contributed by atoms with Crippen molar-refractivity contribution in [1.82, 2.24) is 15.2 Å². The Bertz CT molecular complexity index is 597. The maximum atomic E-state index is 6.08. The van der Waals surface area contributed by atoms with E-state index >= 15 is 0 Å². The minimum absolute atomic E-state index is 0.469. The fourth-order valence-corrected chi connectivity index (χ4v) is 1.90. The van der Waals surface area contributed by atoms with E-state index in [0.717, 1.165) is 17.1 Å². The molecule has 0 atom stereocenters. The van der Waals surface area contributed by atoms with E-state index in [2.05, 4.69) is 25.8 Å². The van der Waals surface area contributed by atoms with Crippen LogP contribution in [0.1, 0.15) is 18.4 Å². The summed E-state index contributed by atoms with van der Waals surface area (Å²) in [5.41, 5.74) is 1.85. The summed E-state index contributed by atoms with van der Waals surface area (Å²) in [6.07, 6.45) is 4.02. The summed E-state index contributed by atoms with van der Waals surface area (Å²) < 4.78 is 0. The largest absolute Gasteiger partial charge is 0.366 e. The van der Waals surface area contributed by atoms with Crippen molar-refractivity contribution in [2.75, 3.05) is 10.6 Å². The van der Waals surface area contributed by atoms with Crippen LogP contribution in [0.25, 0.3) is 0 Å². The van der Waals surface area contributed by atoms with E-state index in [1.807, 2.05) is 25.1 Å². The Kier molecular flexibility index (Phi) is 3.21. The molecule has 0 radical (unpaired) electrons. The van der Waals surface area contributed by atoms with Gasteiger partial charge in [0.2, 0.25) is 5.95 Å². The van der Waals surface area contributed by atoms with Crippen molar-refractivity contribution in [3.63, 3.8) is 0 Å². The number of benzene rings is 1. The Hall–Kier alpha value is -1.88. The van der Waals surface area contributed by atoms with Crippen LogP contribution in [0.15, 0.2) is 24.4 Å². The van der Waals surface area contributed by atoms with Crippen molar-refractivity contribution in [3.05, 3.63) is 35.0 Å². The zero-order valence-corrected chi connectivity index (χ0v) is 11.3. The number of hydrogen-bond donors (Lipinski definition) is 2. The van der Waals surface area contributed by atoms with Gasteiger partial charge in [0.1, 0.15) is 0 Å². The SMILES string of the molecule is Cc1c(Cl)cccc1Nc1nncc(NC2CC2)n1. The van der Waals surface area contributed by atoms with E-state index in [-0.39, 0.29) is 0 Å². The average molecular weight is 276 g/mol. The Morgan fingerprint density at radius 3 is 2.95 bits per heavy atom. The fraction of sp³-hybridized carbons (Fsp3) is 0.308. The van der Waals surface area contributed by atoms with Gasteiger partial charge in [0, 0.05) is 16.8 Å². The van der Waals surface area contributed by atoms with E-state index in [1.165, 1.54) is 12.8 Å². The minimum Gasteiger partial charge on any atom is -0.366 e. The summed E-state index contributed by atoms with van der Waals surface area (Å²) in [5, 5.41) is 15.1. The second-order valence-electron chi connectivity index (χ2n) is 4.62. The quantitative estimate of drug-likeness (QED) is 0.897. The smallest absolute Gasteiger partial charge is 0.249 e.